The van der Waals surface area contributed by atoms with Gasteiger partial charge in [0.1, 0.15) is 0 Å². The largest absolute Gasteiger partial charge is 0.481 e. The number of aromatic nitrogens is 1. The van der Waals surface area contributed by atoms with E-state index in [1.165, 1.54) is 11.1 Å². The highest BCUT2D eigenvalue weighted by Gasteiger charge is 2.28. The van der Waals surface area contributed by atoms with Crippen LogP contribution in [0.1, 0.15) is 37.3 Å². The van der Waals surface area contributed by atoms with E-state index in [2.05, 4.69) is 29.0 Å². The number of aliphatic carboxylic acids is 1. The zero-order valence-corrected chi connectivity index (χ0v) is 11.4. The number of carboxylic acids is 1. The summed E-state index contributed by atoms with van der Waals surface area (Å²) in [5, 5.41) is 10.6. The Morgan fingerprint density at radius 1 is 1.37 bits per heavy atom. The van der Waals surface area contributed by atoms with Crippen molar-refractivity contribution in [2.75, 3.05) is 0 Å². The molecule has 3 nitrogen and oxygen atoms in total. The molecule has 100 valence electrons. The molecule has 1 unspecified atom stereocenters. The van der Waals surface area contributed by atoms with Crippen LogP contribution in [0.2, 0.25) is 0 Å². The van der Waals surface area contributed by atoms with Crippen molar-refractivity contribution in [2.45, 2.75) is 39.2 Å². The Balaban J connectivity index is 2.26. The number of hydrogen-bond donors (Lipinski definition) is 1. The third-order valence-electron chi connectivity index (χ3n) is 4.13. The molecule has 1 aliphatic heterocycles. The summed E-state index contributed by atoms with van der Waals surface area (Å²) in [7, 11) is 0. The van der Waals surface area contributed by atoms with Gasteiger partial charge in [-0.2, -0.15) is 0 Å². The van der Waals surface area contributed by atoms with Gasteiger partial charge in [0.25, 0.3) is 0 Å². The van der Waals surface area contributed by atoms with Gasteiger partial charge in [0.2, 0.25) is 0 Å². The van der Waals surface area contributed by atoms with Crippen LogP contribution >= 0.6 is 0 Å². The Kier molecular flexibility index (Phi) is 2.85. The van der Waals surface area contributed by atoms with Gasteiger partial charge in [-0.3, -0.25) is 4.79 Å². The van der Waals surface area contributed by atoms with Gasteiger partial charge >= 0.3 is 5.97 Å². The van der Waals surface area contributed by atoms with Crippen molar-refractivity contribution in [3.8, 4) is 0 Å². The SMILES string of the molecule is CC(C)C(C(=O)O)c1cn2c3c(cccc13)CCC2. The van der Waals surface area contributed by atoms with Crippen molar-refractivity contribution in [2.24, 2.45) is 5.92 Å². The van der Waals surface area contributed by atoms with E-state index in [0.717, 1.165) is 30.3 Å². The molecule has 0 bridgehead atoms. The van der Waals surface area contributed by atoms with Crippen molar-refractivity contribution in [1.29, 1.82) is 0 Å². The standard InChI is InChI=1S/C16H19NO2/c1-10(2)14(16(18)19)13-9-17-8-4-6-11-5-3-7-12(13)15(11)17/h3,5,7,9-10,14H,4,6,8H2,1-2H3,(H,18,19). The fraction of sp³-hybridized carbons (Fsp3) is 0.438. The predicted molar refractivity (Wildman–Crippen MR) is 75.5 cm³/mol. The van der Waals surface area contributed by atoms with Crippen LogP contribution in [-0.4, -0.2) is 15.6 Å². The monoisotopic (exact) mass is 257 g/mol. The van der Waals surface area contributed by atoms with Gasteiger partial charge in [0.05, 0.1) is 11.4 Å². The summed E-state index contributed by atoms with van der Waals surface area (Å²) in [4.78, 5) is 11.6. The molecule has 0 spiro atoms. The Bertz CT molecular complexity index is 639. The van der Waals surface area contributed by atoms with Crippen LogP contribution in [0.5, 0.6) is 0 Å². The van der Waals surface area contributed by atoms with Crippen molar-refractivity contribution in [3.63, 3.8) is 0 Å². The highest BCUT2D eigenvalue weighted by atomic mass is 16.4. The average molecular weight is 257 g/mol. The molecule has 1 N–H and O–H groups in total. The molecule has 1 atom stereocenters. The summed E-state index contributed by atoms with van der Waals surface area (Å²) in [6.07, 6.45) is 4.30. The quantitative estimate of drug-likeness (QED) is 0.915. The average Bonchev–Trinajstić information content (AvgIpc) is 2.70. The number of nitrogens with zero attached hydrogens (tertiary/aromatic N) is 1. The van der Waals surface area contributed by atoms with Gasteiger partial charge in [0, 0.05) is 18.1 Å². The fourth-order valence-corrected chi connectivity index (χ4v) is 3.31. The summed E-state index contributed by atoms with van der Waals surface area (Å²) in [6.45, 7) is 4.95. The molecule has 1 aromatic heterocycles. The topological polar surface area (TPSA) is 42.2 Å². The van der Waals surface area contributed by atoms with Crippen molar-refractivity contribution in [1.82, 2.24) is 4.57 Å². The normalized spacial score (nSPS) is 15.9. The second kappa shape index (κ2) is 4.41. The van der Waals surface area contributed by atoms with Crippen molar-refractivity contribution < 1.29 is 9.90 Å². The second-order valence-corrected chi connectivity index (χ2v) is 5.75. The smallest absolute Gasteiger partial charge is 0.311 e. The van der Waals surface area contributed by atoms with E-state index in [-0.39, 0.29) is 5.92 Å². The highest BCUT2D eigenvalue weighted by Crippen LogP contribution is 2.36. The Labute approximate surface area is 112 Å². The molecule has 2 heterocycles. The molecule has 1 aliphatic rings. The van der Waals surface area contributed by atoms with Gasteiger partial charge in [-0.25, -0.2) is 0 Å². The van der Waals surface area contributed by atoms with Crippen LogP contribution in [0.15, 0.2) is 24.4 Å². The van der Waals surface area contributed by atoms with E-state index < -0.39 is 11.9 Å². The molecule has 0 fully saturated rings. The van der Waals surface area contributed by atoms with Gasteiger partial charge in [-0.05, 0) is 29.9 Å². The number of carbonyl (C=O) groups is 1. The molecule has 2 aromatic rings. The summed E-state index contributed by atoms with van der Waals surface area (Å²) in [5.74, 6) is -1.04. The van der Waals surface area contributed by atoms with Crippen molar-refractivity contribution in [3.05, 3.63) is 35.5 Å². The lowest BCUT2D eigenvalue weighted by Gasteiger charge is -2.15. The van der Waals surface area contributed by atoms with Gasteiger partial charge in [-0.15, -0.1) is 0 Å². The highest BCUT2D eigenvalue weighted by molar-refractivity contribution is 5.92. The van der Waals surface area contributed by atoms with Crippen LogP contribution in [0, 0.1) is 5.92 Å². The number of hydrogen-bond acceptors (Lipinski definition) is 1. The maximum atomic E-state index is 11.6. The third-order valence-corrected chi connectivity index (χ3v) is 4.13. The number of para-hydroxylation sites is 1. The molecule has 19 heavy (non-hydrogen) atoms. The van der Waals surface area contributed by atoms with E-state index >= 15 is 0 Å². The van der Waals surface area contributed by atoms with Crippen LogP contribution in [-0.2, 0) is 17.8 Å². The first kappa shape index (κ1) is 12.3. The first-order chi connectivity index (χ1) is 9.09. The molecule has 3 rings (SSSR count). The molecule has 0 saturated carbocycles. The zero-order valence-electron chi connectivity index (χ0n) is 11.4. The lowest BCUT2D eigenvalue weighted by atomic mass is 9.88. The fourth-order valence-electron chi connectivity index (χ4n) is 3.31. The van der Waals surface area contributed by atoms with E-state index in [4.69, 9.17) is 0 Å². The molecule has 0 aliphatic carbocycles. The lowest BCUT2D eigenvalue weighted by Crippen LogP contribution is -2.17. The van der Waals surface area contributed by atoms with Crippen LogP contribution in [0.3, 0.4) is 0 Å². The minimum atomic E-state index is -0.723. The van der Waals surface area contributed by atoms with Gasteiger partial charge < -0.3 is 9.67 Å². The number of aryl methyl sites for hydroxylation is 2. The zero-order chi connectivity index (χ0) is 13.6. The molecular formula is C16H19NO2. The summed E-state index contributed by atoms with van der Waals surface area (Å²) in [6, 6.07) is 6.28. The number of benzene rings is 1. The minimum absolute atomic E-state index is 0.0981. The van der Waals surface area contributed by atoms with E-state index in [1.54, 1.807) is 0 Å². The maximum Gasteiger partial charge on any atom is 0.311 e. The van der Waals surface area contributed by atoms with E-state index in [0.29, 0.717) is 0 Å². The minimum Gasteiger partial charge on any atom is -0.481 e. The summed E-state index contributed by atoms with van der Waals surface area (Å²) >= 11 is 0. The maximum absolute atomic E-state index is 11.6. The Morgan fingerprint density at radius 3 is 2.84 bits per heavy atom. The lowest BCUT2D eigenvalue weighted by molar-refractivity contribution is -0.139. The molecule has 3 heteroatoms. The number of carboxylic acid groups (broad SMARTS) is 1. The molecule has 0 radical (unpaired) electrons. The number of rotatable bonds is 3. The second-order valence-electron chi connectivity index (χ2n) is 5.75. The van der Waals surface area contributed by atoms with Crippen LogP contribution < -0.4 is 0 Å². The third kappa shape index (κ3) is 1.84. The van der Waals surface area contributed by atoms with Crippen LogP contribution in [0.4, 0.5) is 0 Å². The van der Waals surface area contributed by atoms with E-state index in [1.807, 2.05) is 13.8 Å². The first-order valence-electron chi connectivity index (χ1n) is 6.93. The first-order valence-corrected chi connectivity index (χ1v) is 6.93. The Hall–Kier alpha value is -1.77. The summed E-state index contributed by atoms with van der Waals surface area (Å²) in [5.41, 5.74) is 3.57. The van der Waals surface area contributed by atoms with Gasteiger partial charge in [0.15, 0.2) is 0 Å². The molecule has 1 aromatic carbocycles. The predicted octanol–water partition coefficient (Wildman–Crippen LogP) is 3.41. The molecule has 0 saturated heterocycles. The van der Waals surface area contributed by atoms with Crippen molar-refractivity contribution >= 4 is 16.9 Å². The van der Waals surface area contributed by atoms with Crippen LogP contribution in [0.25, 0.3) is 10.9 Å². The molecular weight excluding hydrogens is 238 g/mol. The van der Waals surface area contributed by atoms with Gasteiger partial charge in [-0.1, -0.05) is 32.0 Å². The van der Waals surface area contributed by atoms with E-state index in [9.17, 15) is 9.90 Å². The Morgan fingerprint density at radius 2 is 2.16 bits per heavy atom. The molecule has 0 amide bonds. The summed E-state index contributed by atoms with van der Waals surface area (Å²) < 4.78 is 2.24.